The molecule has 0 saturated heterocycles. The van der Waals surface area contributed by atoms with E-state index >= 15 is 0 Å². The second kappa shape index (κ2) is 6.88. The van der Waals surface area contributed by atoms with Gasteiger partial charge in [0.05, 0.1) is 5.71 Å². The summed E-state index contributed by atoms with van der Waals surface area (Å²) in [5.74, 6) is 0. The molecule has 3 rings (SSSR count). The number of halogens is 4. The number of alkyl halides is 3. The molecule has 142 valence electrons. The molecule has 1 atom stereocenters. The van der Waals surface area contributed by atoms with E-state index in [4.69, 9.17) is 16.4 Å². The van der Waals surface area contributed by atoms with Gasteiger partial charge in [0.2, 0.25) is 6.41 Å². The van der Waals surface area contributed by atoms with E-state index < -0.39 is 18.2 Å². The standard InChI is InChI=1S/C19H16ClF3N2O2/c1-11-5-14(8-15(20)6-11)18(19(21,22)23)9-17(25-27-18)13-3-4-16(24-10-26)12(2)7-13/h3-8,10H,9H2,1-2H3,(H,24,26). The van der Waals surface area contributed by atoms with E-state index in [0.29, 0.717) is 28.8 Å². The van der Waals surface area contributed by atoms with Crippen LogP contribution >= 0.6 is 11.6 Å². The van der Waals surface area contributed by atoms with Gasteiger partial charge in [-0.05, 0) is 54.8 Å². The summed E-state index contributed by atoms with van der Waals surface area (Å²) in [5.41, 5.74) is -0.148. The lowest BCUT2D eigenvalue weighted by molar-refractivity contribution is -0.275. The summed E-state index contributed by atoms with van der Waals surface area (Å²) in [7, 11) is 0. The Kier molecular flexibility index (Phi) is 4.90. The van der Waals surface area contributed by atoms with Crippen LogP contribution in [0.1, 0.15) is 28.7 Å². The molecule has 1 heterocycles. The van der Waals surface area contributed by atoms with Crippen molar-refractivity contribution in [1.29, 1.82) is 0 Å². The number of amides is 1. The molecule has 0 fully saturated rings. The lowest BCUT2D eigenvalue weighted by atomic mass is 9.85. The van der Waals surface area contributed by atoms with E-state index in [9.17, 15) is 18.0 Å². The van der Waals surface area contributed by atoms with Gasteiger partial charge in [-0.2, -0.15) is 13.2 Å². The van der Waals surface area contributed by atoms with Gasteiger partial charge in [-0.25, -0.2) is 0 Å². The number of carbonyl (C=O) groups is 1. The summed E-state index contributed by atoms with van der Waals surface area (Å²) in [6.45, 7) is 3.40. The molecular weight excluding hydrogens is 381 g/mol. The summed E-state index contributed by atoms with van der Waals surface area (Å²) in [6, 6.07) is 9.09. The number of hydrogen-bond donors (Lipinski definition) is 1. The normalized spacial score (nSPS) is 19.4. The van der Waals surface area contributed by atoms with Crippen molar-refractivity contribution in [1.82, 2.24) is 0 Å². The van der Waals surface area contributed by atoms with Crippen LogP contribution in [0.25, 0.3) is 0 Å². The van der Waals surface area contributed by atoms with Crippen molar-refractivity contribution >= 4 is 29.4 Å². The Hall–Kier alpha value is -2.54. The fraction of sp³-hybridized carbons (Fsp3) is 0.263. The van der Waals surface area contributed by atoms with Crippen LogP contribution in [0.5, 0.6) is 0 Å². The molecule has 2 aromatic carbocycles. The van der Waals surface area contributed by atoms with Gasteiger partial charge in [0.25, 0.3) is 5.60 Å². The van der Waals surface area contributed by atoms with Crippen molar-refractivity contribution in [2.45, 2.75) is 32.0 Å². The minimum atomic E-state index is -4.69. The zero-order chi connectivity index (χ0) is 19.8. The maximum absolute atomic E-state index is 14.0. The average molecular weight is 397 g/mol. The van der Waals surface area contributed by atoms with Crippen molar-refractivity contribution in [2.24, 2.45) is 5.16 Å². The minimum absolute atomic E-state index is 0.0882. The number of rotatable bonds is 4. The fourth-order valence-corrected chi connectivity index (χ4v) is 3.39. The first-order valence-corrected chi connectivity index (χ1v) is 8.45. The van der Waals surface area contributed by atoms with Crippen molar-refractivity contribution in [2.75, 3.05) is 5.32 Å². The summed E-state index contributed by atoms with van der Waals surface area (Å²) in [4.78, 5) is 15.6. The molecular formula is C19H16ClF3N2O2. The number of nitrogens with zero attached hydrogens (tertiary/aromatic N) is 1. The molecule has 0 saturated carbocycles. The third-order valence-electron chi connectivity index (χ3n) is 4.47. The second-order valence-electron chi connectivity index (χ2n) is 6.44. The first kappa shape index (κ1) is 19.2. The third-order valence-corrected chi connectivity index (χ3v) is 4.69. The monoisotopic (exact) mass is 396 g/mol. The molecule has 0 aromatic heterocycles. The molecule has 2 aromatic rings. The highest BCUT2D eigenvalue weighted by atomic mass is 35.5. The second-order valence-corrected chi connectivity index (χ2v) is 6.88. The van der Waals surface area contributed by atoms with Crippen molar-refractivity contribution in [3.05, 3.63) is 63.7 Å². The number of benzene rings is 2. The lowest BCUT2D eigenvalue weighted by Gasteiger charge is -2.29. The molecule has 4 nitrogen and oxygen atoms in total. The van der Waals surface area contributed by atoms with Gasteiger partial charge in [0.1, 0.15) is 0 Å². The highest BCUT2D eigenvalue weighted by molar-refractivity contribution is 6.30. The molecule has 1 aliphatic rings. The molecule has 1 N–H and O–H groups in total. The maximum Gasteiger partial charge on any atom is 0.435 e. The van der Waals surface area contributed by atoms with Crippen molar-refractivity contribution in [3.63, 3.8) is 0 Å². The topological polar surface area (TPSA) is 50.7 Å². The smallest absolute Gasteiger partial charge is 0.374 e. The Balaban J connectivity index is 2.00. The number of anilines is 1. The van der Waals surface area contributed by atoms with Crippen LogP contribution in [-0.4, -0.2) is 18.3 Å². The van der Waals surface area contributed by atoms with Gasteiger partial charge in [0.15, 0.2) is 0 Å². The molecule has 1 unspecified atom stereocenters. The lowest BCUT2D eigenvalue weighted by Crippen LogP contribution is -2.42. The van der Waals surface area contributed by atoms with E-state index in [1.807, 2.05) is 0 Å². The average Bonchev–Trinajstić information content (AvgIpc) is 3.02. The molecule has 27 heavy (non-hydrogen) atoms. The summed E-state index contributed by atoms with van der Waals surface area (Å²) in [6.07, 6.45) is -4.63. The predicted molar refractivity (Wildman–Crippen MR) is 97.0 cm³/mol. The molecule has 0 bridgehead atoms. The van der Waals surface area contributed by atoms with E-state index in [1.54, 1.807) is 38.1 Å². The van der Waals surface area contributed by atoms with Crippen molar-refractivity contribution < 1.29 is 22.8 Å². The number of hydrogen-bond acceptors (Lipinski definition) is 3. The van der Waals surface area contributed by atoms with Crippen LogP contribution < -0.4 is 5.32 Å². The van der Waals surface area contributed by atoms with Crippen LogP contribution in [0.15, 0.2) is 41.6 Å². The summed E-state index contributed by atoms with van der Waals surface area (Å²) < 4.78 is 42.0. The van der Waals surface area contributed by atoms with Crippen LogP contribution in [0.2, 0.25) is 5.02 Å². The Morgan fingerprint density at radius 3 is 2.56 bits per heavy atom. The Morgan fingerprint density at radius 2 is 1.96 bits per heavy atom. The van der Waals surface area contributed by atoms with E-state index in [2.05, 4.69) is 10.5 Å². The zero-order valence-corrected chi connectivity index (χ0v) is 15.3. The zero-order valence-electron chi connectivity index (χ0n) is 14.5. The molecule has 1 amide bonds. The molecule has 8 heteroatoms. The highest BCUT2D eigenvalue weighted by Crippen LogP contribution is 2.49. The predicted octanol–water partition coefficient (Wildman–Crippen LogP) is 5.11. The molecule has 1 aliphatic heterocycles. The summed E-state index contributed by atoms with van der Waals surface area (Å²) in [5, 5.41) is 6.47. The Morgan fingerprint density at radius 1 is 1.22 bits per heavy atom. The van der Waals surface area contributed by atoms with E-state index in [0.717, 1.165) is 0 Å². The first-order valence-electron chi connectivity index (χ1n) is 8.07. The van der Waals surface area contributed by atoms with E-state index in [-0.39, 0.29) is 16.3 Å². The quantitative estimate of drug-likeness (QED) is 0.730. The first-order chi connectivity index (χ1) is 12.7. The molecule has 0 aliphatic carbocycles. The Bertz CT molecular complexity index is 907. The van der Waals surface area contributed by atoms with Crippen molar-refractivity contribution in [3.8, 4) is 0 Å². The fourth-order valence-electron chi connectivity index (χ4n) is 3.10. The van der Waals surface area contributed by atoms with Crippen LogP contribution in [0, 0.1) is 13.8 Å². The van der Waals surface area contributed by atoms with Crippen LogP contribution in [-0.2, 0) is 15.2 Å². The number of aryl methyl sites for hydroxylation is 2. The molecule has 0 radical (unpaired) electrons. The van der Waals surface area contributed by atoms with Gasteiger partial charge >= 0.3 is 6.18 Å². The SMILES string of the molecule is Cc1cc(Cl)cc(C2(C(F)(F)F)CC(c3ccc(NC=O)c(C)c3)=NO2)c1. The van der Waals surface area contributed by atoms with E-state index in [1.165, 1.54) is 12.1 Å². The largest absolute Gasteiger partial charge is 0.435 e. The number of oxime groups is 1. The number of nitrogens with one attached hydrogen (secondary N) is 1. The van der Waals surface area contributed by atoms with Crippen LogP contribution in [0.4, 0.5) is 18.9 Å². The maximum atomic E-state index is 14.0. The Labute approximate surface area is 159 Å². The molecule has 0 spiro atoms. The summed E-state index contributed by atoms with van der Waals surface area (Å²) >= 11 is 5.97. The number of carbonyl (C=O) groups excluding carboxylic acids is 1. The van der Waals surface area contributed by atoms with Gasteiger partial charge < -0.3 is 10.2 Å². The van der Waals surface area contributed by atoms with Gasteiger partial charge in [-0.1, -0.05) is 28.9 Å². The van der Waals surface area contributed by atoms with Gasteiger partial charge in [0, 0.05) is 22.7 Å². The van der Waals surface area contributed by atoms with Gasteiger partial charge in [-0.3, -0.25) is 4.79 Å². The van der Waals surface area contributed by atoms with Gasteiger partial charge in [-0.15, -0.1) is 0 Å². The van der Waals surface area contributed by atoms with Crippen LogP contribution in [0.3, 0.4) is 0 Å². The highest BCUT2D eigenvalue weighted by Gasteiger charge is 2.62. The minimum Gasteiger partial charge on any atom is -0.374 e. The third kappa shape index (κ3) is 3.51.